The Morgan fingerprint density at radius 3 is 2.61 bits per heavy atom. The second kappa shape index (κ2) is 6.76. The van der Waals surface area contributed by atoms with Crippen molar-refractivity contribution in [3.05, 3.63) is 29.8 Å². The Balaban J connectivity index is 2.67. The number of benzene rings is 1. The molecule has 0 aliphatic carbocycles. The molecule has 0 aromatic heterocycles. The summed E-state index contributed by atoms with van der Waals surface area (Å²) in [4.78, 5) is 2.42. The lowest BCUT2D eigenvalue weighted by atomic mass is 9.93. The van der Waals surface area contributed by atoms with Gasteiger partial charge < -0.3 is 10.5 Å². The van der Waals surface area contributed by atoms with E-state index in [1.54, 1.807) is 7.11 Å². The third kappa shape index (κ3) is 4.67. The number of nitrogens with two attached hydrogens (primary N) is 1. The molecule has 0 amide bonds. The first-order valence-electron chi connectivity index (χ1n) is 6.56. The standard InChI is InChI=1S/C15H26N2O/c1-5-17(12-15(2,3)11-16)10-13-7-6-8-14(9-13)18-4/h6-9H,5,10-12,16H2,1-4H3. The lowest BCUT2D eigenvalue weighted by molar-refractivity contribution is 0.183. The zero-order valence-electron chi connectivity index (χ0n) is 12.1. The Hall–Kier alpha value is -1.06. The molecule has 102 valence electrons. The fourth-order valence-electron chi connectivity index (χ4n) is 1.98. The van der Waals surface area contributed by atoms with Crippen LogP contribution in [-0.4, -0.2) is 31.6 Å². The predicted octanol–water partition coefficient (Wildman–Crippen LogP) is 2.50. The van der Waals surface area contributed by atoms with E-state index < -0.39 is 0 Å². The van der Waals surface area contributed by atoms with Gasteiger partial charge in [-0.15, -0.1) is 0 Å². The van der Waals surface area contributed by atoms with Crippen LogP contribution in [0.25, 0.3) is 0 Å². The number of hydrogen-bond donors (Lipinski definition) is 1. The Kier molecular flexibility index (Phi) is 5.63. The summed E-state index contributed by atoms with van der Waals surface area (Å²) in [6.07, 6.45) is 0. The molecule has 0 aliphatic rings. The van der Waals surface area contributed by atoms with Crippen LogP contribution in [0.3, 0.4) is 0 Å². The molecular formula is C15H26N2O. The summed E-state index contributed by atoms with van der Waals surface area (Å²) in [7, 11) is 1.70. The van der Waals surface area contributed by atoms with Gasteiger partial charge >= 0.3 is 0 Å². The maximum Gasteiger partial charge on any atom is 0.119 e. The molecule has 1 aromatic rings. The highest BCUT2D eigenvalue weighted by Crippen LogP contribution is 2.18. The largest absolute Gasteiger partial charge is 0.497 e. The highest BCUT2D eigenvalue weighted by Gasteiger charge is 2.19. The highest BCUT2D eigenvalue weighted by molar-refractivity contribution is 5.28. The highest BCUT2D eigenvalue weighted by atomic mass is 16.5. The van der Waals surface area contributed by atoms with Crippen LogP contribution in [0.15, 0.2) is 24.3 Å². The smallest absolute Gasteiger partial charge is 0.119 e. The van der Waals surface area contributed by atoms with Crippen molar-refractivity contribution in [2.45, 2.75) is 27.3 Å². The Labute approximate surface area is 111 Å². The number of rotatable bonds is 7. The van der Waals surface area contributed by atoms with Crippen LogP contribution in [0, 0.1) is 5.41 Å². The van der Waals surface area contributed by atoms with E-state index in [2.05, 4.69) is 37.8 Å². The van der Waals surface area contributed by atoms with Crippen LogP contribution in [0.2, 0.25) is 0 Å². The normalized spacial score (nSPS) is 11.9. The Bertz CT molecular complexity index is 363. The molecule has 1 aromatic carbocycles. The van der Waals surface area contributed by atoms with Gasteiger partial charge in [0, 0.05) is 13.1 Å². The molecule has 0 bridgehead atoms. The molecule has 2 N–H and O–H groups in total. The van der Waals surface area contributed by atoms with Crippen LogP contribution in [-0.2, 0) is 6.54 Å². The summed E-state index contributed by atoms with van der Waals surface area (Å²) in [5.41, 5.74) is 7.24. The summed E-state index contributed by atoms with van der Waals surface area (Å²) in [6, 6.07) is 8.25. The van der Waals surface area contributed by atoms with Crippen LogP contribution in [0.5, 0.6) is 5.75 Å². The van der Waals surface area contributed by atoms with Gasteiger partial charge in [-0.25, -0.2) is 0 Å². The van der Waals surface area contributed by atoms with Crippen molar-refractivity contribution >= 4 is 0 Å². The number of hydrogen-bond acceptors (Lipinski definition) is 3. The topological polar surface area (TPSA) is 38.5 Å². The SMILES string of the molecule is CCN(Cc1cccc(OC)c1)CC(C)(C)CN. The molecule has 0 saturated heterocycles. The maximum atomic E-state index is 5.80. The second-order valence-electron chi connectivity index (χ2n) is 5.52. The van der Waals surface area contributed by atoms with Gasteiger partial charge in [0.25, 0.3) is 0 Å². The predicted molar refractivity (Wildman–Crippen MR) is 76.8 cm³/mol. The Morgan fingerprint density at radius 2 is 2.06 bits per heavy atom. The van der Waals surface area contributed by atoms with E-state index in [0.717, 1.165) is 25.4 Å². The third-order valence-corrected chi connectivity index (χ3v) is 3.19. The lowest BCUT2D eigenvalue weighted by Crippen LogP contribution is -2.38. The second-order valence-corrected chi connectivity index (χ2v) is 5.52. The molecule has 3 nitrogen and oxygen atoms in total. The molecule has 0 saturated carbocycles. The molecule has 0 radical (unpaired) electrons. The van der Waals surface area contributed by atoms with Crippen molar-refractivity contribution in [3.8, 4) is 5.75 Å². The zero-order chi connectivity index (χ0) is 13.6. The monoisotopic (exact) mass is 250 g/mol. The summed E-state index contributed by atoms with van der Waals surface area (Å²) < 4.78 is 5.25. The van der Waals surface area contributed by atoms with Crippen LogP contribution in [0.4, 0.5) is 0 Å². The van der Waals surface area contributed by atoms with Crippen LogP contribution < -0.4 is 10.5 Å². The quantitative estimate of drug-likeness (QED) is 0.808. The molecular weight excluding hydrogens is 224 g/mol. The molecule has 0 spiro atoms. The maximum absolute atomic E-state index is 5.80. The van der Waals surface area contributed by atoms with Crippen molar-refractivity contribution in [2.75, 3.05) is 26.7 Å². The third-order valence-electron chi connectivity index (χ3n) is 3.19. The molecule has 0 atom stereocenters. The fraction of sp³-hybridized carbons (Fsp3) is 0.600. The molecule has 0 aliphatic heterocycles. The van der Waals surface area contributed by atoms with E-state index >= 15 is 0 Å². The summed E-state index contributed by atoms with van der Waals surface area (Å²) in [6.45, 7) is 10.3. The lowest BCUT2D eigenvalue weighted by Gasteiger charge is -2.31. The average Bonchev–Trinajstić information content (AvgIpc) is 2.38. The first-order chi connectivity index (χ1) is 8.50. The van der Waals surface area contributed by atoms with E-state index in [4.69, 9.17) is 10.5 Å². The van der Waals surface area contributed by atoms with E-state index in [1.165, 1.54) is 5.56 Å². The van der Waals surface area contributed by atoms with E-state index in [-0.39, 0.29) is 5.41 Å². The Morgan fingerprint density at radius 1 is 1.33 bits per heavy atom. The van der Waals surface area contributed by atoms with Gasteiger partial charge in [-0.1, -0.05) is 32.9 Å². The summed E-state index contributed by atoms with van der Waals surface area (Å²) in [5, 5.41) is 0. The summed E-state index contributed by atoms with van der Waals surface area (Å²) in [5.74, 6) is 0.918. The van der Waals surface area contributed by atoms with Crippen molar-refractivity contribution in [2.24, 2.45) is 11.1 Å². The van der Waals surface area contributed by atoms with E-state index in [0.29, 0.717) is 6.54 Å². The number of ether oxygens (including phenoxy) is 1. The van der Waals surface area contributed by atoms with Crippen LogP contribution in [0.1, 0.15) is 26.3 Å². The van der Waals surface area contributed by atoms with Gasteiger partial charge in [-0.2, -0.15) is 0 Å². The molecule has 18 heavy (non-hydrogen) atoms. The number of nitrogens with zero attached hydrogens (tertiary/aromatic N) is 1. The molecule has 3 heteroatoms. The van der Waals surface area contributed by atoms with Gasteiger partial charge in [0.05, 0.1) is 7.11 Å². The van der Waals surface area contributed by atoms with Gasteiger partial charge in [0.1, 0.15) is 5.75 Å². The van der Waals surface area contributed by atoms with Crippen molar-refractivity contribution < 1.29 is 4.74 Å². The van der Waals surface area contributed by atoms with E-state index in [1.807, 2.05) is 12.1 Å². The van der Waals surface area contributed by atoms with E-state index in [9.17, 15) is 0 Å². The molecule has 0 heterocycles. The van der Waals surface area contributed by atoms with Crippen molar-refractivity contribution in [1.29, 1.82) is 0 Å². The molecule has 0 fully saturated rings. The van der Waals surface area contributed by atoms with Crippen LogP contribution >= 0.6 is 0 Å². The first kappa shape index (κ1) is 15.0. The number of methoxy groups -OCH3 is 1. The minimum absolute atomic E-state index is 0.162. The van der Waals surface area contributed by atoms with Crippen molar-refractivity contribution in [3.63, 3.8) is 0 Å². The van der Waals surface area contributed by atoms with Crippen molar-refractivity contribution in [1.82, 2.24) is 4.90 Å². The van der Waals surface area contributed by atoms with Gasteiger partial charge in [-0.05, 0) is 36.2 Å². The summed E-state index contributed by atoms with van der Waals surface area (Å²) >= 11 is 0. The minimum atomic E-state index is 0.162. The van der Waals surface area contributed by atoms with Gasteiger partial charge in [0.15, 0.2) is 0 Å². The zero-order valence-corrected chi connectivity index (χ0v) is 12.1. The molecule has 1 rings (SSSR count). The average molecular weight is 250 g/mol. The minimum Gasteiger partial charge on any atom is -0.497 e. The molecule has 0 unspecified atom stereocenters. The van der Waals surface area contributed by atoms with Gasteiger partial charge in [-0.3, -0.25) is 4.90 Å². The van der Waals surface area contributed by atoms with Gasteiger partial charge in [0.2, 0.25) is 0 Å². The first-order valence-corrected chi connectivity index (χ1v) is 6.56. The fourth-order valence-corrected chi connectivity index (χ4v) is 1.98.